The highest BCUT2D eigenvalue weighted by Gasteiger charge is 2.09. The Morgan fingerprint density at radius 1 is 1.28 bits per heavy atom. The third-order valence-electron chi connectivity index (χ3n) is 3.90. The van der Waals surface area contributed by atoms with E-state index in [9.17, 15) is 4.79 Å². The molecule has 1 heterocycles. The predicted octanol–water partition coefficient (Wildman–Crippen LogP) is 3.60. The molecule has 6 nitrogen and oxygen atoms in total. The SMILES string of the molecule is COc1ccc2c(c1)nc(CCNC(=O)Nc1cccc(Cl)c1)n2C. The number of carbonyl (C=O) groups excluding carboxylic acids is 1. The molecule has 0 aliphatic rings. The van der Waals surface area contributed by atoms with Crippen molar-refractivity contribution >= 4 is 34.4 Å². The van der Waals surface area contributed by atoms with E-state index in [1.807, 2.05) is 29.8 Å². The number of rotatable bonds is 5. The van der Waals surface area contributed by atoms with Crippen molar-refractivity contribution in [3.63, 3.8) is 0 Å². The predicted molar refractivity (Wildman–Crippen MR) is 99.4 cm³/mol. The molecule has 3 aromatic rings. The lowest BCUT2D eigenvalue weighted by molar-refractivity contribution is 0.252. The molecule has 7 heteroatoms. The van der Waals surface area contributed by atoms with Gasteiger partial charge in [-0.05, 0) is 30.3 Å². The van der Waals surface area contributed by atoms with Gasteiger partial charge in [-0.15, -0.1) is 0 Å². The summed E-state index contributed by atoms with van der Waals surface area (Å²) in [6, 6.07) is 12.5. The molecule has 1 aromatic heterocycles. The van der Waals surface area contributed by atoms with Gasteiger partial charge in [-0.25, -0.2) is 9.78 Å². The van der Waals surface area contributed by atoms with Crippen LogP contribution in [0.1, 0.15) is 5.82 Å². The van der Waals surface area contributed by atoms with E-state index in [-0.39, 0.29) is 6.03 Å². The lowest BCUT2D eigenvalue weighted by Gasteiger charge is -2.08. The summed E-state index contributed by atoms with van der Waals surface area (Å²) in [5.74, 6) is 1.67. The van der Waals surface area contributed by atoms with E-state index in [2.05, 4.69) is 15.6 Å². The molecule has 0 radical (unpaired) electrons. The lowest BCUT2D eigenvalue weighted by Crippen LogP contribution is -2.30. The molecule has 0 aliphatic heterocycles. The van der Waals surface area contributed by atoms with Gasteiger partial charge in [-0.1, -0.05) is 17.7 Å². The van der Waals surface area contributed by atoms with Crippen molar-refractivity contribution in [2.75, 3.05) is 19.0 Å². The smallest absolute Gasteiger partial charge is 0.319 e. The summed E-state index contributed by atoms with van der Waals surface area (Å²) < 4.78 is 7.24. The first-order valence-electron chi connectivity index (χ1n) is 7.86. The number of ether oxygens (including phenoxy) is 1. The number of benzene rings is 2. The summed E-state index contributed by atoms with van der Waals surface area (Å²) in [4.78, 5) is 16.6. The molecule has 0 saturated heterocycles. The second kappa shape index (κ2) is 7.44. The van der Waals surface area contributed by atoms with E-state index in [0.717, 1.165) is 22.6 Å². The summed E-state index contributed by atoms with van der Waals surface area (Å²) >= 11 is 5.90. The monoisotopic (exact) mass is 358 g/mol. The molecular weight excluding hydrogens is 340 g/mol. The maximum absolute atomic E-state index is 11.9. The van der Waals surface area contributed by atoms with Gasteiger partial charge in [0.15, 0.2) is 0 Å². The third kappa shape index (κ3) is 4.03. The van der Waals surface area contributed by atoms with Crippen molar-refractivity contribution < 1.29 is 9.53 Å². The molecule has 2 amide bonds. The Balaban J connectivity index is 1.59. The number of fused-ring (bicyclic) bond motifs is 1. The Labute approximate surface area is 150 Å². The number of carbonyl (C=O) groups is 1. The number of amides is 2. The number of nitrogens with one attached hydrogen (secondary N) is 2. The number of aryl methyl sites for hydroxylation is 1. The second-order valence-electron chi connectivity index (χ2n) is 5.58. The zero-order valence-corrected chi connectivity index (χ0v) is 14.8. The number of imidazole rings is 1. The minimum atomic E-state index is -0.275. The first-order chi connectivity index (χ1) is 12.1. The molecule has 130 valence electrons. The summed E-state index contributed by atoms with van der Waals surface area (Å²) in [5, 5.41) is 6.15. The van der Waals surface area contributed by atoms with Crippen LogP contribution in [0, 0.1) is 0 Å². The molecule has 0 saturated carbocycles. The van der Waals surface area contributed by atoms with Crippen molar-refractivity contribution in [1.29, 1.82) is 0 Å². The summed E-state index contributed by atoms with van der Waals surface area (Å²) in [5.41, 5.74) is 2.55. The highest BCUT2D eigenvalue weighted by atomic mass is 35.5. The molecule has 2 N–H and O–H groups in total. The molecule has 0 atom stereocenters. The molecule has 0 bridgehead atoms. The Morgan fingerprint density at radius 2 is 2.12 bits per heavy atom. The fourth-order valence-electron chi connectivity index (χ4n) is 2.61. The number of aromatic nitrogens is 2. The van der Waals surface area contributed by atoms with Crippen LogP contribution in [-0.2, 0) is 13.5 Å². The highest BCUT2D eigenvalue weighted by Crippen LogP contribution is 2.21. The van der Waals surface area contributed by atoms with Gasteiger partial charge in [-0.2, -0.15) is 0 Å². The molecule has 2 aromatic carbocycles. The first kappa shape index (κ1) is 17.1. The molecular formula is C18H19ClN4O2. The van der Waals surface area contributed by atoms with Crippen LogP contribution in [0.5, 0.6) is 5.75 Å². The average molecular weight is 359 g/mol. The second-order valence-corrected chi connectivity index (χ2v) is 6.02. The van der Waals surface area contributed by atoms with E-state index >= 15 is 0 Å². The normalized spacial score (nSPS) is 10.7. The number of methoxy groups -OCH3 is 1. The van der Waals surface area contributed by atoms with Gasteiger partial charge in [0.05, 0.1) is 18.1 Å². The van der Waals surface area contributed by atoms with Crippen LogP contribution in [0.3, 0.4) is 0 Å². The van der Waals surface area contributed by atoms with Crippen LogP contribution < -0.4 is 15.4 Å². The Kier molecular flexibility index (Phi) is 5.09. The molecule has 0 spiro atoms. The molecule has 25 heavy (non-hydrogen) atoms. The third-order valence-corrected chi connectivity index (χ3v) is 4.13. The van der Waals surface area contributed by atoms with Crippen LogP contribution in [0.25, 0.3) is 11.0 Å². The first-order valence-corrected chi connectivity index (χ1v) is 8.24. The Morgan fingerprint density at radius 3 is 2.88 bits per heavy atom. The minimum absolute atomic E-state index is 0.275. The molecule has 0 fully saturated rings. The van der Waals surface area contributed by atoms with Crippen LogP contribution in [0.4, 0.5) is 10.5 Å². The Bertz CT molecular complexity index is 907. The van der Waals surface area contributed by atoms with Gasteiger partial charge >= 0.3 is 6.03 Å². The summed E-state index contributed by atoms with van der Waals surface area (Å²) in [7, 11) is 3.59. The van der Waals surface area contributed by atoms with Gasteiger partial charge in [0.1, 0.15) is 11.6 Å². The minimum Gasteiger partial charge on any atom is -0.497 e. The standard InChI is InChI=1S/C18H19ClN4O2/c1-23-16-7-6-14(25-2)11-15(16)22-17(23)8-9-20-18(24)21-13-5-3-4-12(19)10-13/h3-7,10-11H,8-9H2,1-2H3,(H2,20,21,24). The Hall–Kier alpha value is -2.73. The maximum Gasteiger partial charge on any atom is 0.319 e. The highest BCUT2D eigenvalue weighted by molar-refractivity contribution is 6.30. The number of hydrogen-bond acceptors (Lipinski definition) is 3. The van der Waals surface area contributed by atoms with E-state index in [4.69, 9.17) is 16.3 Å². The van der Waals surface area contributed by atoms with Crippen molar-refractivity contribution in [1.82, 2.24) is 14.9 Å². The number of urea groups is 1. The molecule has 0 aliphatic carbocycles. The number of anilines is 1. The number of nitrogens with zero attached hydrogens (tertiary/aromatic N) is 2. The fraction of sp³-hybridized carbons (Fsp3) is 0.222. The summed E-state index contributed by atoms with van der Waals surface area (Å²) in [6.45, 7) is 0.473. The van der Waals surface area contributed by atoms with Crippen molar-refractivity contribution in [2.24, 2.45) is 7.05 Å². The van der Waals surface area contributed by atoms with Crippen molar-refractivity contribution in [2.45, 2.75) is 6.42 Å². The number of hydrogen-bond donors (Lipinski definition) is 2. The largest absolute Gasteiger partial charge is 0.497 e. The maximum atomic E-state index is 11.9. The van der Waals surface area contributed by atoms with Crippen molar-refractivity contribution in [3.8, 4) is 5.75 Å². The van der Waals surface area contributed by atoms with Gasteiger partial charge < -0.3 is 19.9 Å². The van der Waals surface area contributed by atoms with Crippen LogP contribution in [0.2, 0.25) is 5.02 Å². The zero-order chi connectivity index (χ0) is 17.8. The van der Waals surface area contributed by atoms with Gasteiger partial charge in [-0.3, -0.25) is 0 Å². The van der Waals surface area contributed by atoms with E-state index in [1.54, 1.807) is 31.4 Å². The topological polar surface area (TPSA) is 68.2 Å². The van der Waals surface area contributed by atoms with Crippen LogP contribution in [0.15, 0.2) is 42.5 Å². The fourth-order valence-corrected chi connectivity index (χ4v) is 2.80. The van der Waals surface area contributed by atoms with Crippen LogP contribution in [-0.4, -0.2) is 29.2 Å². The lowest BCUT2D eigenvalue weighted by atomic mass is 10.3. The number of halogens is 1. The quantitative estimate of drug-likeness (QED) is 0.732. The zero-order valence-electron chi connectivity index (χ0n) is 14.0. The molecule has 3 rings (SSSR count). The van der Waals surface area contributed by atoms with Gasteiger partial charge in [0.2, 0.25) is 0 Å². The van der Waals surface area contributed by atoms with E-state index < -0.39 is 0 Å². The average Bonchev–Trinajstić information content (AvgIpc) is 2.90. The van der Waals surface area contributed by atoms with Gasteiger partial charge in [0, 0.05) is 36.8 Å². The van der Waals surface area contributed by atoms with E-state index in [1.165, 1.54) is 0 Å². The van der Waals surface area contributed by atoms with Crippen molar-refractivity contribution in [3.05, 3.63) is 53.3 Å². The van der Waals surface area contributed by atoms with E-state index in [0.29, 0.717) is 23.7 Å². The van der Waals surface area contributed by atoms with Crippen LogP contribution >= 0.6 is 11.6 Å². The van der Waals surface area contributed by atoms with Gasteiger partial charge in [0.25, 0.3) is 0 Å². The molecule has 0 unspecified atom stereocenters. The summed E-state index contributed by atoms with van der Waals surface area (Å²) in [6.07, 6.45) is 0.621.